The van der Waals surface area contributed by atoms with Crippen LogP contribution in [-0.4, -0.2) is 45.8 Å². The molecule has 0 radical (unpaired) electrons. The number of nitrogens with one attached hydrogen (secondary N) is 1. The normalized spacial score (nSPS) is 21.5. The van der Waals surface area contributed by atoms with E-state index in [2.05, 4.69) is 51.7 Å². The number of aromatic nitrogens is 1. The lowest BCUT2D eigenvalue weighted by Gasteiger charge is -2.50. The molecular weight excluding hydrogens is 486 g/mol. The third kappa shape index (κ3) is 3.96. The van der Waals surface area contributed by atoms with Crippen LogP contribution in [0.25, 0.3) is 10.9 Å². The fourth-order valence-electron chi connectivity index (χ4n) is 6.10. The van der Waals surface area contributed by atoms with Crippen LogP contribution in [0.15, 0.2) is 60.8 Å². The Morgan fingerprint density at radius 3 is 2.76 bits per heavy atom. The molecule has 1 spiro atoms. The molecule has 0 unspecified atom stereocenters. The van der Waals surface area contributed by atoms with E-state index in [1.54, 1.807) is 0 Å². The van der Waals surface area contributed by atoms with Gasteiger partial charge in [-0.2, -0.15) is 5.26 Å². The summed E-state index contributed by atoms with van der Waals surface area (Å²) in [4.78, 5) is 16.9. The fraction of sp³-hybridized carbons (Fsp3) is 0.379. The van der Waals surface area contributed by atoms with Gasteiger partial charge in [-0.05, 0) is 55.2 Å². The van der Waals surface area contributed by atoms with Crippen LogP contribution >= 0.6 is 11.6 Å². The van der Waals surface area contributed by atoms with Gasteiger partial charge in [0.05, 0.1) is 24.1 Å². The molecule has 3 heterocycles. The molecule has 37 heavy (non-hydrogen) atoms. The molecule has 1 saturated carbocycles. The van der Waals surface area contributed by atoms with Gasteiger partial charge in [0.2, 0.25) is 0 Å². The van der Waals surface area contributed by atoms with Crippen LogP contribution < -0.4 is 10.2 Å². The highest BCUT2D eigenvalue weighted by atomic mass is 35.5. The van der Waals surface area contributed by atoms with E-state index in [-0.39, 0.29) is 23.6 Å². The monoisotopic (exact) mass is 515 g/mol. The van der Waals surface area contributed by atoms with Crippen LogP contribution in [0.1, 0.15) is 36.9 Å². The zero-order chi connectivity index (χ0) is 25.7. The summed E-state index contributed by atoms with van der Waals surface area (Å²) in [5.74, 6) is 0. The summed E-state index contributed by atoms with van der Waals surface area (Å²) in [7, 11) is 0. The smallest absolute Gasteiger partial charge is 0.317 e. The lowest BCUT2D eigenvalue weighted by Crippen LogP contribution is -2.65. The largest absolute Gasteiger partial charge is 0.393 e. The molecule has 2 N–H and O–H groups in total. The molecule has 1 saturated heterocycles. The number of benzene rings is 2. The maximum atomic E-state index is 12.8. The maximum Gasteiger partial charge on any atom is 0.317 e. The number of aliphatic hydroxyl groups is 1. The Hall–Kier alpha value is -3.47. The number of amides is 2. The van der Waals surface area contributed by atoms with Crippen molar-refractivity contribution < 1.29 is 9.90 Å². The average molecular weight is 516 g/mol. The number of unbranched alkanes of at least 4 members (excludes halogenated alkanes) is 1. The molecule has 2 amide bonds. The fourth-order valence-corrected chi connectivity index (χ4v) is 6.28. The third-order valence-electron chi connectivity index (χ3n) is 8.18. The van der Waals surface area contributed by atoms with Gasteiger partial charge in [0, 0.05) is 65.1 Å². The molecule has 7 nitrogen and oxygen atoms in total. The van der Waals surface area contributed by atoms with Crippen molar-refractivity contribution in [3.8, 4) is 6.07 Å². The zero-order valence-corrected chi connectivity index (χ0v) is 21.4. The molecule has 0 atom stereocenters. The number of urea groups is 1. The number of carbonyl (C=O) groups is 1. The molecule has 2 aromatic carbocycles. The van der Waals surface area contributed by atoms with Crippen LogP contribution in [0.5, 0.6) is 0 Å². The van der Waals surface area contributed by atoms with Gasteiger partial charge in [-0.15, -0.1) is 0 Å². The Balaban J connectivity index is 1.27. The van der Waals surface area contributed by atoms with Crippen LogP contribution in [-0.2, 0) is 18.5 Å². The minimum Gasteiger partial charge on any atom is -0.393 e. The first-order valence-corrected chi connectivity index (χ1v) is 13.2. The predicted molar refractivity (Wildman–Crippen MR) is 144 cm³/mol. The van der Waals surface area contributed by atoms with Crippen LogP contribution in [0, 0.1) is 11.3 Å². The van der Waals surface area contributed by atoms with Crippen LogP contribution in [0.4, 0.5) is 10.5 Å². The molecule has 190 valence electrons. The Morgan fingerprint density at radius 2 is 2.00 bits per heavy atom. The maximum absolute atomic E-state index is 12.8. The number of anilines is 1. The topological polar surface area (TPSA) is 84.5 Å². The molecule has 3 aliphatic rings. The van der Waals surface area contributed by atoms with Crippen molar-refractivity contribution in [1.82, 2.24) is 14.8 Å². The summed E-state index contributed by atoms with van der Waals surface area (Å²) < 4.78 is 2.29. The number of hydrogen-bond donors (Lipinski definition) is 2. The molecule has 8 heteroatoms. The predicted octanol–water partition coefficient (Wildman–Crippen LogP) is 4.92. The molecule has 2 fully saturated rings. The number of nitrogens with zero attached hydrogens (tertiary/aromatic N) is 4. The summed E-state index contributed by atoms with van der Waals surface area (Å²) in [6.07, 6.45) is 2.24. The van der Waals surface area contributed by atoms with Crippen molar-refractivity contribution in [2.75, 3.05) is 18.0 Å². The summed E-state index contributed by atoms with van der Waals surface area (Å²) in [6, 6.07) is 18.8. The molecule has 6 rings (SSSR count). The van der Waals surface area contributed by atoms with E-state index in [1.807, 2.05) is 29.2 Å². The molecule has 1 aliphatic carbocycles. The van der Waals surface area contributed by atoms with Gasteiger partial charge < -0.3 is 24.8 Å². The molecule has 1 aromatic heterocycles. The van der Waals surface area contributed by atoms with E-state index in [0.29, 0.717) is 43.9 Å². The molecule has 3 aromatic rings. The van der Waals surface area contributed by atoms with Gasteiger partial charge in [-0.1, -0.05) is 36.4 Å². The Bertz CT molecular complexity index is 1430. The van der Waals surface area contributed by atoms with Gasteiger partial charge in [0.1, 0.15) is 0 Å². The van der Waals surface area contributed by atoms with E-state index in [4.69, 9.17) is 16.9 Å². The number of aliphatic hydroxyl groups excluding tert-OH is 1. The number of hydrogen-bond acceptors (Lipinski definition) is 4. The first kappa shape index (κ1) is 23.9. The summed E-state index contributed by atoms with van der Waals surface area (Å²) in [6.45, 7) is 7.11. The Labute approximate surface area is 221 Å². The first-order valence-electron chi connectivity index (χ1n) is 12.8. The highest BCUT2D eigenvalue weighted by Gasteiger charge is 2.55. The van der Waals surface area contributed by atoms with E-state index in [1.165, 1.54) is 5.56 Å². The van der Waals surface area contributed by atoms with Gasteiger partial charge in [-0.25, -0.2) is 4.79 Å². The quantitative estimate of drug-likeness (QED) is 0.456. The number of rotatable bonds is 6. The highest BCUT2D eigenvalue weighted by molar-refractivity contribution is 6.31. The number of aryl methyl sites for hydroxylation is 1. The van der Waals surface area contributed by atoms with E-state index >= 15 is 0 Å². The van der Waals surface area contributed by atoms with Crippen LogP contribution in [0.3, 0.4) is 0 Å². The molecule has 2 aliphatic heterocycles. The molecule has 0 bridgehead atoms. The zero-order valence-electron chi connectivity index (χ0n) is 20.7. The van der Waals surface area contributed by atoms with Gasteiger partial charge in [-0.3, -0.25) is 0 Å². The number of carbonyl (C=O) groups excluding carboxylic acids is 1. The first-order chi connectivity index (χ1) is 17.9. The van der Waals surface area contributed by atoms with E-state index in [0.717, 1.165) is 40.9 Å². The second-order valence-electron chi connectivity index (χ2n) is 10.5. The number of para-hydroxylation sites is 1. The van der Waals surface area contributed by atoms with Gasteiger partial charge >= 0.3 is 6.03 Å². The van der Waals surface area contributed by atoms with Gasteiger partial charge in [0.25, 0.3) is 0 Å². The van der Waals surface area contributed by atoms with Crippen LogP contribution in [0.2, 0.25) is 5.02 Å². The second kappa shape index (κ2) is 9.13. The van der Waals surface area contributed by atoms with Crippen molar-refractivity contribution in [2.24, 2.45) is 0 Å². The summed E-state index contributed by atoms with van der Waals surface area (Å²) in [5, 5.41) is 23.4. The standard InChI is InChI=1S/C29H30ClN5O2/c1-19-29(17-33(18-29)28(37)32-22-14-24(36)15-22)25-6-2-3-7-27(25)35(19)16-23-13-20-12-21(30)8-9-26(20)34(23)11-5-4-10-31/h2-3,6-9,12-13,22,24,36H,1,4-5,11,14-18H2,(H,32,37). The molecular formula is C29H30ClN5O2. The second-order valence-corrected chi connectivity index (χ2v) is 10.9. The Kier molecular flexibility index (Phi) is 5.89. The minimum atomic E-state index is -0.298. The highest BCUT2D eigenvalue weighted by Crippen LogP contribution is 2.52. The van der Waals surface area contributed by atoms with E-state index in [9.17, 15) is 9.90 Å². The number of halogens is 1. The lowest BCUT2D eigenvalue weighted by molar-refractivity contribution is 0.0566. The minimum absolute atomic E-state index is 0.0612. The lowest BCUT2D eigenvalue weighted by atomic mass is 9.73. The van der Waals surface area contributed by atoms with Crippen molar-refractivity contribution in [2.45, 2.75) is 56.3 Å². The van der Waals surface area contributed by atoms with Crippen molar-refractivity contribution in [3.63, 3.8) is 0 Å². The third-order valence-corrected chi connectivity index (χ3v) is 8.41. The number of fused-ring (bicyclic) bond motifs is 3. The van der Waals surface area contributed by atoms with Crippen molar-refractivity contribution in [3.05, 3.63) is 77.1 Å². The van der Waals surface area contributed by atoms with Gasteiger partial charge in [0.15, 0.2) is 0 Å². The van der Waals surface area contributed by atoms with Crippen molar-refractivity contribution >= 4 is 34.2 Å². The van der Waals surface area contributed by atoms with Crippen molar-refractivity contribution in [1.29, 1.82) is 5.26 Å². The summed E-state index contributed by atoms with van der Waals surface area (Å²) >= 11 is 6.30. The average Bonchev–Trinajstić information content (AvgIpc) is 3.29. The Morgan fingerprint density at radius 1 is 1.22 bits per heavy atom. The van der Waals surface area contributed by atoms with E-state index < -0.39 is 0 Å². The number of nitriles is 1. The number of likely N-dealkylation sites (tertiary alicyclic amines) is 1. The summed E-state index contributed by atoms with van der Waals surface area (Å²) in [5.41, 5.74) is 5.29. The SMILES string of the molecule is C=C1N(Cc2cc3cc(Cl)ccc3n2CCCC#N)c2ccccc2C12CN(C(=O)NC1CC(O)C1)C2.